The third-order valence-electron chi connectivity index (χ3n) is 0.787. The Hall–Kier alpha value is 0.170. The fourth-order valence-corrected chi connectivity index (χ4v) is 0.881. The zero-order chi connectivity index (χ0) is 6.15. The Kier molecular flexibility index (Phi) is 1.72. The van der Waals surface area contributed by atoms with Crippen molar-refractivity contribution in [2.45, 2.75) is 6.92 Å². The molecule has 1 rings (SSSR count). The Bertz CT molecular complexity index is 165. The van der Waals surface area contributed by atoms with E-state index in [1.807, 2.05) is 6.92 Å². The third kappa shape index (κ3) is 0.951. The van der Waals surface area contributed by atoms with E-state index < -0.39 is 0 Å². The van der Waals surface area contributed by atoms with Crippen LogP contribution in [-0.4, -0.2) is 5.71 Å². The van der Waals surface area contributed by atoms with Gasteiger partial charge in [0.25, 0.3) is 0 Å². The average Bonchev–Trinajstić information content (AvgIpc) is 1.98. The summed E-state index contributed by atoms with van der Waals surface area (Å²) in [6.45, 7) is 1.89. The van der Waals surface area contributed by atoms with Gasteiger partial charge in [-0.3, -0.25) is 0 Å². The largest absolute Gasteiger partial charge is 0.153 e. The normalized spacial score (nSPS) is 18.6. The smallest absolute Gasteiger partial charge is 0.144 e. The molecule has 0 unspecified atom stereocenters. The molecule has 0 fully saturated rings. The van der Waals surface area contributed by atoms with E-state index in [1.165, 1.54) is 0 Å². The van der Waals surface area contributed by atoms with Crippen LogP contribution < -0.4 is 5.43 Å². The Morgan fingerprint density at radius 1 is 1.38 bits per heavy atom. The molecule has 0 amide bonds. The lowest BCUT2D eigenvalue weighted by Gasteiger charge is -1.83. The van der Waals surface area contributed by atoms with Crippen LogP contribution in [-0.2, 0) is 0 Å². The molecule has 0 bridgehead atoms. The molecule has 0 aromatic rings. The van der Waals surface area contributed by atoms with E-state index in [0.29, 0.717) is 0 Å². The first kappa shape index (κ1) is 6.29. The standard InChI is InChI=1S/C4H3Br2N2/c1-2-3(5)4(6)8-7-2/h1H3. The van der Waals surface area contributed by atoms with Crippen molar-refractivity contribution in [3.05, 3.63) is 9.09 Å². The molecule has 4 heteroatoms. The number of nitrogens with zero attached hydrogens (tertiary/aromatic N) is 2. The zero-order valence-electron chi connectivity index (χ0n) is 4.15. The average molecular weight is 239 g/mol. The van der Waals surface area contributed by atoms with Gasteiger partial charge in [-0.1, -0.05) is 0 Å². The highest BCUT2D eigenvalue weighted by Crippen LogP contribution is 2.22. The summed E-state index contributed by atoms with van der Waals surface area (Å²) in [7, 11) is 0. The molecule has 1 radical (unpaired) electrons. The van der Waals surface area contributed by atoms with E-state index in [1.54, 1.807) is 0 Å². The van der Waals surface area contributed by atoms with Crippen molar-refractivity contribution in [2.75, 3.05) is 0 Å². The maximum absolute atomic E-state index is 3.77. The molecule has 2 nitrogen and oxygen atoms in total. The van der Waals surface area contributed by atoms with E-state index in [2.05, 4.69) is 42.4 Å². The summed E-state index contributed by atoms with van der Waals surface area (Å²) in [4.78, 5) is 0. The maximum atomic E-state index is 3.77. The van der Waals surface area contributed by atoms with Crippen molar-refractivity contribution in [3.8, 4) is 0 Å². The van der Waals surface area contributed by atoms with Gasteiger partial charge in [0.05, 0.1) is 10.2 Å². The van der Waals surface area contributed by atoms with Crippen LogP contribution in [0, 0.1) is 0 Å². The second-order valence-electron chi connectivity index (χ2n) is 1.39. The molecule has 1 heterocycles. The second-order valence-corrected chi connectivity index (χ2v) is 2.93. The number of hydrogen-bond donors (Lipinski definition) is 0. The highest BCUT2D eigenvalue weighted by molar-refractivity contribution is 9.14. The number of rotatable bonds is 0. The molecule has 1 aliphatic rings. The van der Waals surface area contributed by atoms with Crippen LogP contribution in [0.1, 0.15) is 6.92 Å². The van der Waals surface area contributed by atoms with Gasteiger partial charge < -0.3 is 0 Å². The van der Waals surface area contributed by atoms with Crippen LogP contribution in [0.5, 0.6) is 0 Å². The summed E-state index contributed by atoms with van der Waals surface area (Å²) in [5.41, 5.74) is 4.65. The van der Waals surface area contributed by atoms with Crippen molar-refractivity contribution in [2.24, 2.45) is 5.10 Å². The molecule has 0 N–H and O–H groups in total. The van der Waals surface area contributed by atoms with Gasteiger partial charge in [-0.05, 0) is 38.8 Å². The summed E-state index contributed by atoms with van der Waals surface area (Å²) >= 11 is 6.47. The van der Waals surface area contributed by atoms with Gasteiger partial charge in [0.2, 0.25) is 0 Å². The van der Waals surface area contributed by atoms with E-state index >= 15 is 0 Å². The number of allylic oxidation sites excluding steroid dienone is 1. The van der Waals surface area contributed by atoms with Gasteiger partial charge in [-0.25, -0.2) is 0 Å². The Morgan fingerprint density at radius 3 is 2.12 bits per heavy atom. The van der Waals surface area contributed by atoms with E-state index in [9.17, 15) is 0 Å². The van der Waals surface area contributed by atoms with Crippen LogP contribution in [0.3, 0.4) is 0 Å². The molecule has 1 aliphatic heterocycles. The Labute approximate surface area is 64.3 Å². The monoisotopic (exact) mass is 237 g/mol. The molecule has 0 saturated carbocycles. The maximum Gasteiger partial charge on any atom is 0.144 e. The van der Waals surface area contributed by atoms with Crippen molar-refractivity contribution >= 4 is 37.6 Å². The van der Waals surface area contributed by atoms with Crippen molar-refractivity contribution < 1.29 is 0 Å². The van der Waals surface area contributed by atoms with Crippen LogP contribution in [0.25, 0.3) is 0 Å². The van der Waals surface area contributed by atoms with Crippen molar-refractivity contribution in [1.29, 1.82) is 0 Å². The van der Waals surface area contributed by atoms with Crippen molar-refractivity contribution in [3.63, 3.8) is 0 Å². The van der Waals surface area contributed by atoms with Gasteiger partial charge in [0.1, 0.15) is 4.61 Å². The summed E-state index contributed by atoms with van der Waals surface area (Å²) in [6, 6.07) is 0. The Balaban J connectivity index is 2.88. The Morgan fingerprint density at radius 2 is 2.00 bits per heavy atom. The molecule has 8 heavy (non-hydrogen) atoms. The molecule has 0 aromatic carbocycles. The summed E-state index contributed by atoms with van der Waals surface area (Å²) in [5.74, 6) is 0. The quantitative estimate of drug-likeness (QED) is 0.577. The van der Waals surface area contributed by atoms with E-state index in [-0.39, 0.29) is 0 Å². The first-order valence-electron chi connectivity index (χ1n) is 2.03. The number of hydrogen-bond acceptors (Lipinski definition) is 1. The SMILES string of the molecule is CC1=N[N]C(Br)=C1Br. The van der Waals surface area contributed by atoms with Gasteiger partial charge in [0, 0.05) is 0 Å². The van der Waals surface area contributed by atoms with Gasteiger partial charge >= 0.3 is 0 Å². The minimum Gasteiger partial charge on any atom is -0.153 e. The predicted octanol–water partition coefficient (Wildman–Crippen LogP) is 1.94. The summed E-state index contributed by atoms with van der Waals surface area (Å²) in [5, 5.41) is 3.77. The molecule has 0 saturated heterocycles. The molecule has 43 valence electrons. The molecule has 0 spiro atoms. The van der Waals surface area contributed by atoms with Crippen LogP contribution in [0.4, 0.5) is 0 Å². The lowest BCUT2D eigenvalue weighted by Crippen LogP contribution is -1.82. The molecular weight excluding hydrogens is 236 g/mol. The van der Waals surface area contributed by atoms with Crippen LogP contribution >= 0.6 is 31.9 Å². The molecule has 0 atom stereocenters. The topological polar surface area (TPSA) is 26.5 Å². The van der Waals surface area contributed by atoms with Gasteiger partial charge in [0.15, 0.2) is 0 Å². The molecule has 0 aromatic heterocycles. The summed E-state index contributed by atoms with van der Waals surface area (Å²) < 4.78 is 1.72. The zero-order valence-corrected chi connectivity index (χ0v) is 7.32. The lowest BCUT2D eigenvalue weighted by atomic mass is 10.4. The number of halogens is 2. The first-order valence-corrected chi connectivity index (χ1v) is 3.61. The predicted molar refractivity (Wildman–Crippen MR) is 40.1 cm³/mol. The molecule has 0 aliphatic carbocycles. The van der Waals surface area contributed by atoms with E-state index in [0.717, 1.165) is 14.8 Å². The van der Waals surface area contributed by atoms with Gasteiger partial charge in [-0.15, -0.1) is 5.43 Å². The summed E-state index contributed by atoms with van der Waals surface area (Å²) in [6.07, 6.45) is 0. The van der Waals surface area contributed by atoms with Crippen molar-refractivity contribution in [1.82, 2.24) is 5.43 Å². The highest BCUT2D eigenvalue weighted by atomic mass is 79.9. The van der Waals surface area contributed by atoms with Crippen LogP contribution in [0.2, 0.25) is 0 Å². The lowest BCUT2D eigenvalue weighted by molar-refractivity contribution is 0.958. The molecular formula is C4H3Br2N2. The van der Waals surface area contributed by atoms with E-state index in [4.69, 9.17) is 0 Å². The fourth-order valence-electron chi connectivity index (χ4n) is 0.356. The van der Waals surface area contributed by atoms with Gasteiger partial charge in [-0.2, -0.15) is 5.10 Å². The minimum atomic E-state index is 0.773. The first-order chi connectivity index (χ1) is 3.72. The minimum absolute atomic E-state index is 0.773. The highest BCUT2D eigenvalue weighted by Gasteiger charge is 2.11. The van der Waals surface area contributed by atoms with Crippen LogP contribution in [0.15, 0.2) is 14.2 Å². The third-order valence-corrected chi connectivity index (χ3v) is 2.82. The fraction of sp³-hybridized carbons (Fsp3) is 0.250. The second kappa shape index (κ2) is 2.19.